The Morgan fingerprint density at radius 1 is 0.744 bits per heavy atom. The molecule has 4 aromatic rings. The fourth-order valence-electron chi connectivity index (χ4n) is 4.63. The Bertz CT molecular complexity index is 1360. The second-order valence-electron chi connectivity index (χ2n) is 9.52. The molecule has 6 nitrogen and oxygen atoms in total. The molecular weight excluding hydrogens is 484 g/mol. The minimum atomic E-state index is -0.351. The summed E-state index contributed by atoms with van der Waals surface area (Å²) >= 11 is 0. The van der Waals surface area contributed by atoms with Crippen LogP contribution >= 0.6 is 0 Å². The van der Waals surface area contributed by atoms with E-state index in [2.05, 4.69) is 20.4 Å². The number of hydrogen-bond acceptors (Lipinski definition) is 4. The molecular formula is C33H36N4O2. The van der Waals surface area contributed by atoms with Crippen molar-refractivity contribution in [3.63, 3.8) is 0 Å². The molecule has 0 aliphatic rings. The number of nitrogens with zero attached hydrogens (tertiary/aromatic N) is 2. The number of anilines is 2. The first kappa shape index (κ1) is 27.6. The summed E-state index contributed by atoms with van der Waals surface area (Å²) in [4.78, 5) is 30.2. The Kier molecular flexibility index (Phi) is 9.48. The molecule has 2 N–H and O–H groups in total. The normalized spacial score (nSPS) is 11.6. The molecule has 0 aliphatic heterocycles. The van der Waals surface area contributed by atoms with Gasteiger partial charge in [0.15, 0.2) is 0 Å². The number of hydrogen-bond donors (Lipinski definition) is 2. The predicted molar refractivity (Wildman–Crippen MR) is 160 cm³/mol. The minimum absolute atomic E-state index is 0.00258. The van der Waals surface area contributed by atoms with Crippen LogP contribution in [0.3, 0.4) is 0 Å². The fraction of sp³-hybridized carbons (Fsp3) is 0.212. The van der Waals surface area contributed by atoms with Crippen molar-refractivity contribution >= 4 is 23.2 Å². The van der Waals surface area contributed by atoms with Crippen molar-refractivity contribution in [2.24, 2.45) is 0 Å². The first-order valence-electron chi connectivity index (χ1n) is 13.3. The van der Waals surface area contributed by atoms with Crippen LogP contribution in [-0.4, -0.2) is 50.4 Å². The molecule has 0 saturated heterocycles. The van der Waals surface area contributed by atoms with Gasteiger partial charge in [0.05, 0.1) is 0 Å². The van der Waals surface area contributed by atoms with Gasteiger partial charge in [-0.25, -0.2) is 0 Å². The predicted octanol–water partition coefficient (Wildman–Crippen LogP) is 5.85. The van der Waals surface area contributed by atoms with Crippen LogP contribution < -0.4 is 15.5 Å². The number of carbonyl (C=O) groups excluding carboxylic acids is 2. The Morgan fingerprint density at radius 2 is 1.36 bits per heavy atom. The Balaban J connectivity index is 1.38. The lowest BCUT2D eigenvalue weighted by molar-refractivity contribution is -0.126. The highest BCUT2D eigenvalue weighted by Gasteiger charge is 2.24. The minimum Gasteiger partial charge on any atom is -0.373 e. The molecule has 1 unspecified atom stereocenters. The van der Waals surface area contributed by atoms with Crippen LogP contribution in [0.15, 0.2) is 109 Å². The molecule has 6 heteroatoms. The van der Waals surface area contributed by atoms with E-state index in [-0.39, 0.29) is 17.9 Å². The van der Waals surface area contributed by atoms with Crippen molar-refractivity contribution in [2.45, 2.75) is 13.0 Å². The molecule has 200 valence electrons. The zero-order chi connectivity index (χ0) is 27.6. The van der Waals surface area contributed by atoms with Crippen LogP contribution in [0.1, 0.15) is 28.9 Å². The second kappa shape index (κ2) is 13.4. The van der Waals surface area contributed by atoms with E-state index >= 15 is 0 Å². The van der Waals surface area contributed by atoms with Gasteiger partial charge in [0, 0.05) is 43.6 Å². The van der Waals surface area contributed by atoms with Crippen molar-refractivity contribution in [1.82, 2.24) is 10.2 Å². The molecule has 0 aromatic heterocycles. The lowest BCUT2D eigenvalue weighted by Gasteiger charge is -2.30. The monoisotopic (exact) mass is 520 g/mol. The third-order valence-corrected chi connectivity index (χ3v) is 6.77. The average Bonchev–Trinajstić information content (AvgIpc) is 2.97. The van der Waals surface area contributed by atoms with Gasteiger partial charge in [0.1, 0.15) is 6.04 Å². The van der Waals surface area contributed by atoms with E-state index in [0.29, 0.717) is 18.7 Å². The van der Waals surface area contributed by atoms with E-state index in [0.717, 1.165) is 34.6 Å². The molecule has 39 heavy (non-hydrogen) atoms. The van der Waals surface area contributed by atoms with Gasteiger partial charge in [-0.05, 0) is 61.0 Å². The van der Waals surface area contributed by atoms with Gasteiger partial charge in [0.2, 0.25) is 5.91 Å². The van der Waals surface area contributed by atoms with Gasteiger partial charge >= 0.3 is 0 Å². The number of rotatable bonds is 11. The van der Waals surface area contributed by atoms with Crippen molar-refractivity contribution in [2.75, 3.05) is 43.9 Å². The van der Waals surface area contributed by atoms with Gasteiger partial charge in [-0.3, -0.25) is 14.5 Å². The molecule has 0 spiro atoms. The zero-order valence-electron chi connectivity index (χ0n) is 22.8. The summed E-state index contributed by atoms with van der Waals surface area (Å²) in [7, 11) is 4.01. The maximum Gasteiger partial charge on any atom is 0.256 e. The smallest absolute Gasteiger partial charge is 0.256 e. The number of nitrogens with one attached hydrogen (secondary N) is 2. The fourth-order valence-corrected chi connectivity index (χ4v) is 4.63. The Labute approximate surface area is 231 Å². The highest BCUT2D eigenvalue weighted by atomic mass is 16.2. The SMILES string of the molecule is CCNC(=O)C(c1ccccc1)N(C)CCN(C)c1ccc(NC(=O)c2ccccc2-c2ccccc2)cc1. The van der Waals surface area contributed by atoms with Gasteiger partial charge in [-0.15, -0.1) is 0 Å². The van der Waals surface area contributed by atoms with Crippen molar-refractivity contribution in [3.8, 4) is 11.1 Å². The van der Waals surface area contributed by atoms with Gasteiger partial charge in [0.25, 0.3) is 5.91 Å². The van der Waals surface area contributed by atoms with Crippen LogP contribution in [0.2, 0.25) is 0 Å². The Morgan fingerprint density at radius 3 is 2.03 bits per heavy atom. The number of carbonyl (C=O) groups is 2. The van der Waals surface area contributed by atoms with Gasteiger partial charge in [-0.2, -0.15) is 0 Å². The lowest BCUT2D eigenvalue weighted by Crippen LogP contribution is -2.41. The van der Waals surface area contributed by atoms with Crippen LogP contribution in [-0.2, 0) is 4.79 Å². The highest BCUT2D eigenvalue weighted by Crippen LogP contribution is 2.25. The quantitative estimate of drug-likeness (QED) is 0.260. The molecule has 0 bridgehead atoms. The van der Waals surface area contributed by atoms with Crippen LogP contribution in [0.4, 0.5) is 11.4 Å². The van der Waals surface area contributed by atoms with Gasteiger partial charge < -0.3 is 15.5 Å². The molecule has 4 aromatic carbocycles. The number of likely N-dealkylation sites (N-methyl/N-ethyl adjacent to an activating group) is 3. The van der Waals surface area contributed by atoms with Crippen LogP contribution in [0.25, 0.3) is 11.1 Å². The molecule has 2 amide bonds. The highest BCUT2D eigenvalue weighted by molar-refractivity contribution is 6.08. The number of amides is 2. The van der Waals surface area contributed by atoms with Crippen molar-refractivity contribution < 1.29 is 9.59 Å². The standard InChI is InChI=1S/C33H36N4O2/c1-4-34-33(39)31(26-15-9-6-10-16-26)37(3)24-23-36(2)28-21-19-27(20-22-28)35-32(38)30-18-12-11-17-29(30)25-13-7-5-8-14-25/h5-22,31H,4,23-24H2,1-3H3,(H,34,39)(H,35,38). The second-order valence-corrected chi connectivity index (χ2v) is 9.52. The van der Waals surface area contributed by atoms with Gasteiger partial charge in [-0.1, -0.05) is 78.9 Å². The molecule has 1 atom stereocenters. The van der Waals surface area contributed by atoms with E-state index < -0.39 is 0 Å². The summed E-state index contributed by atoms with van der Waals surface area (Å²) in [6.45, 7) is 3.95. The van der Waals surface area contributed by atoms with E-state index in [1.54, 1.807) is 0 Å². The summed E-state index contributed by atoms with van der Waals surface area (Å²) < 4.78 is 0. The zero-order valence-corrected chi connectivity index (χ0v) is 22.8. The largest absolute Gasteiger partial charge is 0.373 e. The third-order valence-electron chi connectivity index (χ3n) is 6.77. The summed E-state index contributed by atoms with van der Waals surface area (Å²) in [5, 5.41) is 5.99. The van der Waals surface area contributed by atoms with Crippen LogP contribution in [0.5, 0.6) is 0 Å². The maximum atomic E-state index is 13.1. The summed E-state index contributed by atoms with van der Waals surface area (Å²) in [6.07, 6.45) is 0. The van der Waals surface area contributed by atoms with Crippen molar-refractivity contribution in [1.29, 1.82) is 0 Å². The summed E-state index contributed by atoms with van der Waals surface area (Å²) in [6, 6.07) is 34.9. The lowest BCUT2D eigenvalue weighted by atomic mass is 9.99. The molecule has 0 aliphatic carbocycles. The molecule has 0 fully saturated rings. The van der Waals surface area contributed by atoms with Crippen molar-refractivity contribution in [3.05, 3.63) is 120 Å². The molecule has 0 heterocycles. The molecule has 0 radical (unpaired) electrons. The molecule has 4 rings (SSSR count). The average molecular weight is 521 g/mol. The molecule has 0 saturated carbocycles. The Hall–Kier alpha value is -4.42. The van der Waals surface area contributed by atoms with E-state index in [4.69, 9.17) is 0 Å². The first-order chi connectivity index (χ1) is 19.0. The van der Waals surface area contributed by atoms with Crippen LogP contribution in [0, 0.1) is 0 Å². The topological polar surface area (TPSA) is 64.7 Å². The van der Waals surface area contributed by atoms with E-state index in [1.807, 2.05) is 130 Å². The first-order valence-corrected chi connectivity index (χ1v) is 13.3. The third kappa shape index (κ3) is 7.12. The van der Waals surface area contributed by atoms with E-state index in [1.165, 1.54) is 0 Å². The maximum absolute atomic E-state index is 13.1. The summed E-state index contributed by atoms with van der Waals surface area (Å²) in [5.74, 6) is -0.141. The number of benzene rings is 4. The van der Waals surface area contributed by atoms with E-state index in [9.17, 15) is 9.59 Å². The summed E-state index contributed by atoms with van der Waals surface area (Å²) in [5.41, 5.74) is 5.28.